The van der Waals surface area contributed by atoms with Crippen LogP contribution in [0.25, 0.3) is 0 Å². The molecule has 1 atom stereocenters. The summed E-state index contributed by atoms with van der Waals surface area (Å²) in [5.41, 5.74) is 0. The maximum absolute atomic E-state index is 12.0. The number of carboxylic acid groups (broad SMARTS) is 2. The van der Waals surface area contributed by atoms with Crippen LogP contribution in [0.5, 0.6) is 0 Å². The van der Waals surface area contributed by atoms with E-state index in [0.29, 0.717) is 19.4 Å². The standard InChI is InChI=1S/C26H48N2O6/c1-2-21-27-23(29)20-19-22(26(33)34)28-24(30)17-15-13-11-9-7-5-3-4-6-8-10-12-14-16-18-25(31)32/h22H,2-21H2,1H3,(H,27,29)(H,28,30)(H,31,32)(H,33,34). The molecule has 1 unspecified atom stereocenters. The van der Waals surface area contributed by atoms with E-state index < -0.39 is 18.0 Å². The second-order valence-corrected chi connectivity index (χ2v) is 9.19. The number of rotatable bonds is 24. The summed E-state index contributed by atoms with van der Waals surface area (Å²) in [5.74, 6) is -2.25. The van der Waals surface area contributed by atoms with Crippen LogP contribution in [0.1, 0.15) is 129 Å². The van der Waals surface area contributed by atoms with Crippen molar-refractivity contribution in [3.63, 3.8) is 0 Å². The Balaban J connectivity index is 3.55. The zero-order valence-electron chi connectivity index (χ0n) is 21.2. The number of hydrogen-bond acceptors (Lipinski definition) is 4. The van der Waals surface area contributed by atoms with Gasteiger partial charge in [-0.3, -0.25) is 14.4 Å². The molecule has 0 aliphatic heterocycles. The van der Waals surface area contributed by atoms with Crippen LogP contribution in [0.3, 0.4) is 0 Å². The molecule has 0 saturated heterocycles. The molecule has 0 aromatic heterocycles. The van der Waals surface area contributed by atoms with Gasteiger partial charge in [0.25, 0.3) is 0 Å². The first-order valence-electron chi connectivity index (χ1n) is 13.4. The van der Waals surface area contributed by atoms with Crippen LogP contribution in [-0.4, -0.2) is 46.6 Å². The number of hydrogen-bond donors (Lipinski definition) is 4. The van der Waals surface area contributed by atoms with E-state index in [1.165, 1.54) is 44.9 Å². The molecule has 0 heterocycles. The van der Waals surface area contributed by atoms with Gasteiger partial charge in [-0.05, 0) is 25.7 Å². The number of carboxylic acids is 2. The van der Waals surface area contributed by atoms with Gasteiger partial charge in [0.05, 0.1) is 0 Å². The summed E-state index contributed by atoms with van der Waals surface area (Å²) in [6.07, 6.45) is 17.2. The van der Waals surface area contributed by atoms with Gasteiger partial charge in [0.1, 0.15) is 6.04 Å². The zero-order chi connectivity index (χ0) is 25.4. The Morgan fingerprint density at radius 1 is 0.618 bits per heavy atom. The molecule has 4 N–H and O–H groups in total. The van der Waals surface area contributed by atoms with Crippen LogP contribution >= 0.6 is 0 Å². The summed E-state index contributed by atoms with van der Waals surface area (Å²) in [7, 11) is 0. The van der Waals surface area contributed by atoms with Gasteiger partial charge in [-0.1, -0.05) is 84.0 Å². The fraction of sp³-hybridized carbons (Fsp3) is 0.846. The van der Waals surface area contributed by atoms with E-state index >= 15 is 0 Å². The molecule has 0 fully saturated rings. The van der Waals surface area contributed by atoms with Crippen LogP contribution in [0, 0.1) is 0 Å². The molecular weight excluding hydrogens is 436 g/mol. The van der Waals surface area contributed by atoms with E-state index in [1.807, 2.05) is 6.92 Å². The molecule has 0 aromatic rings. The average molecular weight is 485 g/mol. The van der Waals surface area contributed by atoms with Crippen molar-refractivity contribution < 1.29 is 29.4 Å². The SMILES string of the molecule is CCCNC(=O)CCC(NC(=O)CCCCCCCCCCCCCCCCC(=O)O)C(=O)O. The lowest BCUT2D eigenvalue weighted by atomic mass is 10.0. The van der Waals surface area contributed by atoms with Gasteiger partial charge in [0.2, 0.25) is 11.8 Å². The second-order valence-electron chi connectivity index (χ2n) is 9.19. The van der Waals surface area contributed by atoms with Crippen LogP contribution in [0.2, 0.25) is 0 Å². The Hall–Kier alpha value is -2.12. The Kier molecular flexibility index (Phi) is 21.2. The maximum Gasteiger partial charge on any atom is 0.326 e. The monoisotopic (exact) mass is 484 g/mol. The van der Waals surface area contributed by atoms with E-state index in [4.69, 9.17) is 5.11 Å². The predicted molar refractivity (Wildman–Crippen MR) is 134 cm³/mol. The Morgan fingerprint density at radius 2 is 1.06 bits per heavy atom. The molecule has 0 saturated carbocycles. The molecule has 8 nitrogen and oxygen atoms in total. The molecule has 0 radical (unpaired) electrons. The summed E-state index contributed by atoms with van der Waals surface area (Å²) in [6, 6.07) is -1.02. The second kappa shape index (κ2) is 22.7. The lowest BCUT2D eigenvalue weighted by Crippen LogP contribution is -2.41. The fourth-order valence-corrected chi connectivity index (χ4v) is 3.84. The molecule has 0 bridgehead atoms. The third kappa shape index (κ3) is 21.7. The van der Waals surface area contributed by atoms with Gasteiger partial charge >= 0.3 is 11.9 Å². The van der Waals surface area contributed by atoms with Crippen LogP contribution in [0.15, 0.2) is 0 Å². The largest absolute Gasteiger partial charge is 0.481 e. The van der Waals surface area contributed by atoms with Crippen molar-refractivity contribution in [3.8, 4) is 0 Å². The van der Waals surface area contributed by atoms with Gasteiger partial charge in [0.15, 0.2) is 0 Å². The Labute approximate surface area is 205 Å². The van der Waals surface area contributed by atoms with Gasteiger partial charge in [-0.15, -0.1) is 0 Å². The quantitative estimate of drug-likeness (QED) is 0.139. The average Bonchev–Trinajstić information content (AvgIpc) is 2.79. The molecule has 0 rings (SSSR count). The van der Waals surface area contributed by atoms with Gasteiger partial charge in [0, 0.05) is 25.8 Å². The summed E-state index contributed by atoms with van der Waals surface area (Å²) >= 11 is 0. The van der Waals surface area contributed by atoms with Crippen LogP contribution in [-0.2, 0) is 19.2 Å². The topological polar surface area (TPSA) is 133 Å². The lowest BCUT2D eigenvalue weighted by Gasteiger charge is -2.14. The van der Waals surface area contributed by atoms with Gasteiger partial charge in [-0.25, -0.2) is 4.79 Å². The zero-order valence-corrected chi connectivity index (χ0v) is 21.2. The first-order valence-corrected chi connectivity index (χ1v) is 13.4. The normalized spacial score (nSPS) is 11.7. The van der Waals surface area contributed by atoms with E-state index in [1.54, 1.807) is 0 Å². The number of amides is 2. The smallest absolute Gasteiger partial charge is 0.326 e. The van der Waals surface area contributed by atoms with Crippen molar-refractivity contribution >= 4 is 23.8 Å². The van der Waals surface area contributed by atoms with Crippen molar-refractivity contribution in [2.24, 2.45) is 0 Å². The van der Waals surface area contributed by atoms with Gasteiger partial charge in [-0.2, -0.15) is 0 Å². The molecule has 8 heteroatoms. The van der Waals surface area contributed by atoms with Crippen LogP contribution in [0.4, 0.5) is 0 Å². The number of carbonyl (C=O) groups excluding carboxylic acids is 2. The summed E-state index contributed by atoms with van der Waals surface area (Å²) in [5, 5.41) is 23.1. The van der Waals surface area contributed by atoms with E-state index in [-0.39, 0.29) is 24.7 Å². The van der Waals surface area contributed by atoms with Crippen molar-refractivity contribution in [1.82, 2.24) is 10.6 Å². The van der Waals surface area contributed by atoms with E-state index in [0.717, 1.165) is 51.4 Å². The third-order valence-corrected chi connectivity index (χ3v) is 5.91. The van der Waals surface area contributed by atoms with Gasteiger partial charge < -0.3 is 20.8 Å². The van der Waals surface area contributed by atoms with E-state index in [2.05, 4.69) is 10.6 Å². The first kappa shape index (κ1) is 31.9. The van der Waals surface area contributed by atoms with Crippen molar-refractivity contribution in [3.05, 3.63) is 0 Å². The molecule has 198 valence electrons. The highest BCUT2D eigenvalue weighted by Gasteiger charge is 2.20. The molecule has 0 aromatic carbocycles. The van der Waals surface area contributed by atoms with Crippen molar-refractivity contribution in [2.45, 2.75) is 135 Å². The molecule has 0 aliphatic carbocycles. The van der Waals surface area contributed by atoms with Crippen molar-refractivity contribution in [2.75, 3.05) is 6.54 Å². The highest BCUT2D eigenvalue weighted by atomic mass is 16.4. The lowest BCUT2D eigenvalue weighted by molar-refractivity contribution is -0.142. The number of aliphatic carboxylic acids is 2. The summed E-state index contributed by atoms with van der Waals surface area (Å²) in [4.78, 5) is 45.4. The predicted octanol–water partition coefficient (Wildman–Crippen LogP) is 5.19. The highest BCUT2D eigenvalue weighted by molar-refractivity contribution is 5.84. The first-order chi connectivity index (χ1) is 16.4. The number of unbranched alkanes of at least 4 members (excludes halogenated alkanes) is 13. The maximum atomic E-state index is 12.0. The highest BCUT2D eigenvalue weighted by Crippen LogP contribution is 2.14. The molecule has 0 spiro atoms. The fourth-order valence-electron chi connectivity index (χ4n) is 3.84. The minimum atomic E-state index is -1.10. The van der Waals surface area contributed by atoms with E-state index in [9.17, 15) is 24.3 Å². The molecular formula is C26H48N2O6. The van der Waals surface area contributed by atoms with Crippen molar-refractivity contribution in [1.29, 1.82) is 0 Å². The Bertz CT molecular complexity index is 567. The third-order valence-electron chi connectivity index (χ3n) is 5.91. The van der Waals surface area contributed by atoms with Crippen LogP contribution < -0.4 is 10.6 Å². The minimum Gasteiger partial charge on any atom is -0.481 e. The summed E-state index contributed by atoms with van der Waals surface area (Å²) in [6.45, 7) is 2.52. The molecule has 2 amide bonds. The number of carbonyl (C=O) groups is 4. The minimum absolute atomic E-state index is 0.0891. The molecule has 34 heavy (non-hydrogen) atoms. The molecule has 0 aliphatic rings. The number of nitrogens with one attached hydrogen (secondary N) is 2. The Morgan fingerprint density at radius 3 is 1.47 bits per heavy atom. The summed E-state index contributed by atoms with van der Waals surface area (Å²) < 4.78 is 0.